The molecule has 118 valence electrons. The number of hydrogen-bond acceptors (Lipinski definition) is 4. The normalized spacial score (nSPS) is 26.4. The van der Waals surface area contributed by atoms with Crippen LogP contribution in [0.2, 0.25) is 0 Å². The van der Waals surface area contributed by atoms with Gasteiger partial charge in [0.1, 0.15) is 0 Å². The zero-order valence-corrected chi connectivity index (χ0v) is 13.5. The molecule has 1 N–H and O–H groups in total. The van der Waals surface area contributed by atoms with E-state index in [1.54, 1.807) is 0 Å². The second-order valence-corrected chi connectivity index (χ2v) is 6.94. The van der Waals surface area contributed by atoms with Gasteiger partial charge in [0, 0.05) is 24.7 Å². The number of rotatable bonds is 7. The van der Waals surface area contributed by atoms with Crippen LogP contribution in [0, 0.1) is 5.92 Å². The van der Waals surface area contributed by atoms with E-state index in [9.17, 15) is 0 Å². The van der Waals surface area contributed by atoms with Crippen LogP contribution in [0.5, 0.6) is 0 Å². The maximum atomic E-state index is 5.49. The Balaban J connectivity index is 1.44. The maximum Gasteiger partial charge on any atom is 0.151 e. The standard InChI is InChI=1S/C17H29N3O/c1-3-13-4-8-16(9-5-13)20(2)12-17-10-15(19-21-17)11-18-14-6-7-14/h10,13-14,16,18H,3-9,11-12H2,1-2H3. The van der Waals surface area contributed by atoms with Crippen molar-refractivity contribution in [1.82, 2.24) is 15.4 Å². The number of nitrogens with zero attached hydrogens (tertiary/aromatic N) is 2. The number of nitrogens with one attached hydrogen (secondary N) is 1. The first-order valence-electron chi connectivity index (χ1n) is 8.62. The molecule has 0 aromatic carbocycles. The third kappa shape index (κ3) is 4.30. The van der Waals surface area contributed by atoms with Crippen LogP contribution in [-0.2, 0) is 13.1 Å². The first-order chi connectivity index (χ1) is 10.2. The molecule has 0 unspecified atom stereocenters. The molecule has 0 radical (unpaired) electrons. The van der Waals surface area contributed by atoms with Crippen molar-refractivity contribution in [3.8, 4) is 0 Å². The predicted molar refractivity (Wildman–Crippen MR) is 83.9 cm³/mol. The minimum Gasteiger partial charge on any atom is -0.360 e. The second-order valence-electron chi connectivity index (χ2n) is 6.94. The lowest BCUT2D eigenvalue weighted by molar-refractivity contribution is 0.145. The fraction of sp³-hybridized carbons (Fsp3) is 0.824. The fourth-order valence-electron chi connectivity index (χ4n) is 3.42. The highest BCUT2D eigenvalue weighted by molar-refractivity contribution is 5.06. The molecule has 0 saturated heterocycles. The molecule has 1 aromatic heterocycles. The highest BCUT2D eigenvalue weighted by Crippen LogP contribution is 2.29. The molecule has 0 atom stereocenters. The molecule has 2 aliphatic carbocycles. The number of aromatic nitrogens is 1. The summed E-state index contributed by atoms with van der Waals surface area (Å²) in [5, 5.41) is 7.65. The van der Waals surface area contributed by atoms with Crippen molar-refractivity contribution in [3.05, 3.63) is 17.5 Å². The van der Waals surface area contributed by atoms with Gasteiger partial charge in [0.15, 0.2) is 5.76 Å². The van der Waals surface area contributed by atoms with E-state index in [-0.39, 0.29) is 0 Å². The van der Waals surface area contributed by atoms with Gasteiger partial charge in [-0.25, -0.2) is 0 Å². The van der Waals surface area contributed by atoms with Crippen LogP contribution in [0.1, 0.15) is 63.3 Å². The van der Waals surface area contributed by atoms with Crippen LogP contribution in [0.4, 0.5) is 0 Å². The SMILES string of the molecule is CCC1CCC(N(C)Cc2cc(CNC3CC3)no2)CC1. The molecule has 0 amide bonds. The van der Waals surface area contributed by atoms with E-state index in [0.29, 0.717) is 6.04 Å². The van der Waals surface area contributed by atoms with Crippen LogP contribution in [0.3, 0.4) is 0 Å². The minimum atomic E-state index is 0.714. The van der Waals surface area contributed by atoms with Crippen LogP contribution in [0.25, 0.3) is 0 Å². The first kappa shape index (κ1) is 15.0. The summed E-state index contributed by atoms with van der Waals surface area (Å²) in [5.41, 5.74) is 1.04. The van der Waals surface area contributed by atoms with Gasteiger partial charge in [-0.1, -0.05) is 18.5 Å². The summed E-state index contributed by atoms with van der Waals surface area (Å²) < 4.78 is 5.49. The van der Waals surface area contributed by atoms with Gasteiger partial charge in [-0.15, -0.1) is 0 Å². The van der Waals surface area contributed by atoms with Gasteiger partial charge in [0.2, 0.25) is 0 Å². The van der Waals surface area contributed by atoms with Crippen molar-refractivity contribution in [3.63, 3.8) is 0 Å². The topological polar surface area (TPSA) is 41.3 Å². The Labute approximate surface area is 128 Å². The van der Waals surface area contributed by atoms with Crippen molar-refractivity contribution in [1.29, 1.82) is 0 Å². The molecule has 1 aromatic rings. The zero-order chi connectivity index (χ0) is 14.7. The Bertz CT molecular complexity index is 433. The van der Waals surface area contributed by atoms with Gasteiger partial charge >= 0.3 is 0 Å². The lowest BCUT2D eigenvalue weighted by Crippen LogP contribution is -2.34. The maximum absolute atomic E-state index is 5.49. The van der Waals surface area contributed by atoms with Crippen LogP contribution >= 0.6 is 0 Å². The lowest BCUT2D eigenvalue weighted by Gasteiger charge is -2.33. The summed E-state index contributed by atoms with van der Waals surface area (Å²) in [6, 6.07) is 3.55. The summed E-state index contributed by atoms with van der Waals surface area (Å²) in [4.78, 5) is 2.45. The van der Waals surface area contributed by atoms with Crippen LogP contribution in [0.15, 0.2) is 10.6 Å². The van der Waals surface area contributed by atoms with Gasteiger partial charge < -0.3 is 9.84 Å². The Kier molecular flexibility index (Phi) is 4.96. The first-order valence-corrected chi connectivity index (χ1v) is 8.62. The van der Waals surface area contributed by atoms with Crippen molar-refractivity contribution in [2.45, 2.75) is 77.0 Å². The molecule has 21 heavy (non-hydrogen) atoms. The Morgan fingerprint density at radius 1 is 1.24 bits per heavy atom. The molecule has 0 spiro atoms. The highest BCUT2D eigenvalue weighted by Gasteiger charge is 2.24. The van der Waals surface area contributed by atoms with E-state index in [2.05, 4.69) is 35.4 Å². The molecule has 2 saturated carbocycles. The fourth-order valence-corrected chi connectivity index (χ4v) is 3.42. The molecule has 1 heterocycles. The van der Waals surface area contributed by atoms with Gasteiger partial charge in [0.25, 0.3) is 0 Å². The summed E-state index contributed by atoms with van der Waals surface area (Å²) >= 11 is 0. The summed E-state index contributed by atoms with van der Waals surface area (Å²) in [6.45, 7) is 4.05. The molecule has 0 bridgehead atoms. The Morgan fingerprint density at radius 3 is 2.67 bits per heavy atom. The van der Waals surface area contributed by atoms with Crippen molar-refractivity contribution in [2.75, 3.05) is 7.05 Å². The smallest absolute Gasteiger partial charge is 0.151 e. The van der Waals surface area contributed by atoms with Gasteiger partial charge in [-0.3, -0.25) is 4.90 Å². The van der Waals surface area contributed by atoms with E-state index < -0.39 is 0 Å². The average molecular weight is 291 g/mol. The van der Waals surface area contributed by atoms with Gasteiger partial charge in [-0.05, 0) is 51.5 Å². The second kappa shape index (κ2) is 6.93. The van der Waals surface area contributed by atoms with Crippen LogP contribution in [-0.4, -0.2) is 29.2 Å². The van der Waals surface area contributed by atoms with Crippen molar-refractivity contribution < 1.29 is 4.52 Å². The quantitative estimate of drug-likeness (QED) is 0.836. The van der Waals surface area contributed by atoms with Crippen molar-refractivity contribution >= 4 is 0 Å². The lowest BCUT2D eigenvalue weighted by atomic mass is 9.84. The molecular weight excluding hydrogens is 262 g/mol. The Morgan fingerprint density at radius 2 is 2.00 bits per heavy atom. The molecule has 4 heteroatoms. The molecular formula is C17H29N3O. The summed E-state index contributed by atoms with van der Waals surface area (Å²) in [6.07, 6.45) is 9.41. The van der Waals surface area contributed by atoms with Gasteiger partial charge in [0.05, 0.1) is 12.2 Å². The summed E-state index contributed by atoms with van der Waals surface area (Å²) in [7, 11) is 2.22. The van der Waals surface area contributed by atoms with Crippen molar-refractivity contribution in [2.24, 2.45) is 5.92 Å². The van der Waals surface area contributed by atoms with Gasteiger partial charge in [-0.2, -0.15) is 0 Å². The summed E-state index contributed by atoms with van der Waals surface area (Å²) in [5.74, 6) is 1.96. The van der Waals surface area contributed by atoms with Crippen LogP contribution < -0.4 is 5.32 Å². The number of hydrogen-bond donors (Lipinski definition) is 1. The average Bonchev–Trinajstić information content (AvgIpc) is 3.25. The largest absolute Gasteiger partial charge is 0.360 e. The predicted octanol–water partition coefficient (Wildman–Crippen LogP) is 3.33. The molecule has 4 nitrogen and oxygen atoms in total. The van der Waals surface area contributed by atoms with E-state index in [0.717, 1.165) is 36.5 Å². The van der Waals surface area contributed by atoms with E-state index in [1.165, 1.54) is 44.9 Å². The van der Waals surface area contributed by atoms with E-state index in [4.69, 9.17) is 4.52 Å². The Hall–Kier alpha value is -0.870. The monoisotopic (exact) mass is 291 g/mol. The van der Waals surface area contributed by atoms with E-state index in [1.807, 2.05) is 0 Å². The van der Waals surface area contributed by atoms with E-state index >= 15 is 0 Å². The molecule has 2 aliphatic rings. The minimum absolute atomic E-state index is 0.714. The molecule has 2 fully saturated rings. The zero-order valence-electron chi connectivity index (χ0n) is 13.5. The highest BCUT2D eigenvalue weighted by atomic mass is 16.5. The molecule has 3 rings (SSSR count). The third-order valence-corrected chi connectivity index (χ3v) is 5.18. The third-order valence-electron chi connectivity index (χ3n) is 5.18. The molecule has 0 aliphatic heterocycles.